The van der Waals surface area contributed by atoms with E-state index in [9.17, 15) is 9.59 Å². The Morgan fingerprint density at radius 2 is 2.14 bits per heavy atom. The van der Waals surface area contributed by atoms with Gasteiger partial charge in [-0.15, -0.1) is 11.3 Å². The van der Waals surface area contributed by atoms with Gasteiger partial charge in [-0.3, -0.25) is 4.79 Å². The maximum Gasteiger partial charge on any atom is 0.514 e. The van der Waals surface area contributed by atoms with Gasteiger partial charge >= 0.3 is 6.16 Å². The summed E-state index contributed by atoms with van der Waals surface area (Å²) in [6.07, 6.45) is 2.43. The third-order valence-electron chi connectivity index (χ3n) is 3.60. The number of carbonyl (C=O) groups excluding carboxylic acids is 2. The molecular formula is C18H16N4O4S2. The third-order valence-corrected chi connectivity index (χ3v) is 5.26. The normalized spacial score (nSPS) is 10.6. The van der Waals surface area contributed by atoms with Crippen LogP contribution in [0, 0.1) is 0 Å². The number of primary amides is 1. The number of nitrogens with two attached hydrogens (primary N) is 2. The van der Waals surface area contributed by atoms with E-state index < -0.39 is 12.1 Å². The van der Waals surface area contributed by atoms with Gasteiger partial charge in [0, 0.05) is 5.56 Å². The van der Waals surface area contributed by atoms with Crippen LogP contribution in [0.2, 0.25) is 0 Å². The van der Waals surface area contributed by atoms with Crippen LogP contribution in [-0.4, -0.2) is 34.9 Å². The molecule has 3 aromatic rings. The molecular weight excluding hydrogens is 400 g/mol. The van der Waals surface area contributed by atoms with Crippen LogP contribution in [0.25, 0.3) is 21.5 Å². The molecule has 2 heterocycles. The number of amides is 1. The number of hydrogen-bond acceptors (Lipinski definition) is 9. The maximum absolute atomic E-state index is 11.7. The molecule has 10 heteroatoms. The molecule has 0 unspecified atom stereocenters. The lowest BCUT2D eigenvalue weighted by atomic mass is 10.1. The van der Waals surface area contributed by atoms with E-state index in [2.05, 4.69) is 16.5 Å². The van der Waals surface area contributed by atoms with Gasteiger partial charge in [-0.25, -0.2) is 14.8 Å². The first-order valence-electron chi connectivity index (χ1n) is 7.94. The molecule has 0 aliphatic rings. The highest BCUT2D eigenvalue weighted by Crippen LogP contribution is 2.39. The minimum atomic E-state index is -0.847. The van der Waals surface area contributed by atoms with Crippen molar-refractivity contribution in [1.29, 1.82) is 0 Å². The van der Waals surface area contributed by atoms with Gasteiger partial charge in [0.05, 0.1) is 16.8 Å². The number of benzene rings is 1. The van der Waals surface area contributed by atoms with Crippen molar-refractivity contribution in [2.45, 2.75) is 5.16 Å². The lowest BCUT2D eigenvalue weighted by Gasteiger charge is -2.08. The van der Waals surface area contributed by atoms with Crippen molar-refractivity contribution in [1.82, 2.24) is 9.97 Å². The van der Waals surface area contributed by atoms with Gasteiger partial charge < -0.3 is 20.9 Å². The van der Waals surface area contributed by atoms with E-state index in [0.717, 1.165) is 11.3 Å². The summed E-state index contributed by atoms with van der Waals surface area (Å²) in [4.78, 5) is 33.1. The predicted molar refractivity (Wildman–Crippen MR) is 110 cm³/mol. The maximum atomic E-state index is 11.7. The molecule has 28 heavy (non-hydrogen) atoms. The van der Waals surface area contributed by atoms with Gasteiger partial charge in [0.15, 0.2) is 5.16 Å². The predicted octanol–water partition coefficient (Wildman–Crippen LogP) is 3.46. The Kier molecular flexibility index (Phi) is 5.81. The molecule has 1 amide bonds. The number of aromatic nitrogens is 2. The van der Waals surface area contributed by atoms with E-state index >= 15 is 0 Å². The second-order valence-electron chi connectivity index (χ2n) is 5.43. The number of rotatable bonds is 6. The Bertz CT molecular complexity index is 1080. The minimum absolute atomic E-state index is 0.0451. The molecule has 3 rings (SSSR count). The minimum Gasteiger partial charge on any atom is -0.430 e. The van der Waals surface area contributed by atoms with Crippen LogP contribution in [0.15, 0.2) is 42.1 Å². The summed E-state index contributed by atoms with van der Waals surface area (Å²) in [5, 5.41) is 1.04. The molecule has 0 bridgehead atoms. The summed E-state index contributed by atoms with van der Waals surface area (Å²) in [7, 11) is 0. The summed E-state index contributed by atoms with van der Waals surface area (Å²) in [5.41, 5.74) is 12.9. The largest absolute Gasteiger partial charge is 0.514 e. The molecule has 0 saturated carbocycles. The van der Waals surface area contributed by atoms with E-state index in [-0.39, 0.29) is 22.9 Å². The molecule has 0 radical (unpaired) electrons. The van der Waals surface area contributed by atoms with Crippen LogP contribution in [0.5, 0.6) is 5.75 Å². The first-order valence-corrected chi connectivity index (χ1v) is 9.98. The zero-order chi connectivity index (χ0) is 20.3. The van der Waals surface area contributed by atoms with E-state index in [1.165, 1.54) is 17.8 Å². The van der Waals surface area contributed by atoms with Crippen LogP contribution in [0.3, 0.4) is 0 Å². The van der Waals surface area contributed by atoms with Gasteiger partial charge in [-0.05, 0) is 18.4 Å². The monoisotopic (exact) mass is 416 g/mol. The number of thioether (sulfide) groups is 1. The number of ether oxygens (including phenoxy) is 2. The second-order valence-corrected chi connectivity index (χ2v) is 7.20. The van der Waals surface area contributed by atoms with Gasteiger partial charge in [-0.1, -0.05) is 36.5 Å². The Hall–Kier alpha value is -3.11. The summed E-state index contributed by atoms with van der Waals surface area (Å²) in [5.74, 6) is -0.354. The van der Waals surface area contributed by atoms with Crippen molar-refractivity contribution in [2.75, 3.05) is 18.6 Å². The molecule has 4 N–H and O–H groups in total. The summed E-state index contributed by atoms with van der Waals surface area (Å²) in [6, 6.07) is 6.73. The number of nitrogen functional groups attached to an aromatic ring is 1. The topological polar surface area (TPSA) is 130 Å². The van der Waals surface area contributed by atoms with E-state index in [1.54, 1.807) is 24.3 Å². The van der Waals surface area contributed by atoms with E-state index in [1.807, 2.05) is 6.26 Å². The van der Waals surface area contributed by atoms with Gasteiger partial charge in [0.2, 0.25) is 0 Å². The lowest BCUT2D eigenvalue weighted by Crippen LogP contribution is -2.10. The Balaban J connectivity index is 2.10. The summed E-state index contributed by atoms with van der Waals surface area (Å²) in [6.45, 7) is 3.51. The average Bonchev–Trinajstić information content (AvgIpc) is 3.02. The molecule has 1 aromatic carbocycles. The van der Waals surface area contributed by atoms with Crippen molar-refractivity contribution in [3.63, 3.8) is 0 Å². The molecule has 0 atom stereocenters. The highest BCUT2D eigenvalue weighted by molar-refractivity contribution is 7.98. The molecule has 0 spiro atoms. The Labute approximate surface area is 168 Å². The molecule has 0 aliphatic carbocycles. The lowest BCUT2D eigenvalue weighted by molar-refractivity contribution is 0.100. The third kappa shape index (κ3) is 3.92. The highest BCUT2D eigenvalue weighted by atomic mass is 32.2. The van der Waals surface area contributed by atoms with Crippen molar-refractivity contribution in [3.8, 4) is 17.0 Å². The molecule has 8 nitrogen and oxygen atoms in total. The zero-order valence-corrected chi connectivity index (χ0v) is 16.4. The SMILES string of the molecule is C=CCOC(=O)Oc1cccc(-c2nc(SC)nc3sc(C(N)=O)c(N)c23)c1. The fourth-order valence-electron chi connectivity index (χ4n) is 2.45. The molecule has 144 valence electrons. The average molecular weight is 416 g/mol. The standard InChI is InChI=1S/C18H16N4O4S2/c1-3-7-25-18(24)26-10-6-4-5-9(8-10)13-11-12(19)14(15(20)23)28-16(11)22-17(21-13)27-2/h3-6,8H,1,7,19H2,2H3,(H2,20,23). The molecule has 0 saturated heterocycles. The van der Waals surface area contributed by atoms with Gasteiger partial charge in [0.1, 0.15) is 22.1 Å². The second kappa shape index (κ2) is 8.28. The highest BCUT2D eigenvalue weighted by Gasteiger charge is 2.21. The fourth-order valence-corrected chi connectivity index (χ4v) is 3.81. The van der Waals surface area contributed by atoms with Gasteiger partial charge in [-0.2, -0.15) is 0 Å². The summed E-state index contributed by atoms with van der Waals surface area (Å²) < 4.78 is 9.98. The number of carbonyl (C=O) groups is 2. The van der Waals surface area contributed by atoms with Crippen LogP contribution in [0.4, 0.5) is 10.5 Å². The number of nitrogens with zero attached hydrogens (tertiary/aromatic N) is 2. The first kappa shape index (κ1) is 19.6. The van der Waals surface area contributed by atoms with Crippen LogP contribution >= 0.6 is 23.1 Å². The van der Waals surface area contributed by atoms with Crippen LogP contribution in [0.1, 0.15) is 9.67 Å². The number of hydrogen-bond donors (Lipinski definition) is 2. The first-order chi connectivity index (χ1) is 13.4. The number of anilines is 1. The van der Waals surface area contributed by atoms with Crippen LogP contribution in [-0.2, 0) is 4.74 Å². The Morgan fingerprint density at radius 3 is 2.82 bits per heavy atom. The van der Waals surface area contributed by atoms with Gasteiger partial charge in [0.25, 0.3) is 5.91 Å². The van der Waals surface area contributed by atoms with Crippen molar-refractivity contribution in [3.05, 3.63) is 41.8 Å². The van der Waals surface area contributed by atoms with Crippen molar-refractivity contribution < 1.29 is 19.1 Å². The zero-order valence-electron chi connectivity index (χ0n) is 14.8. The van der Waals surface area contributed by atoms with E-state index in [0.29, 0.717) is 26.6 Å². The number of fused-ring (bicyclic) bond motifs is 1. The quantitative estimate of drug-likeness (QED) is 0.205. The molecule has 0 aliphatic heterocycles. The van der Waals surface area contributed by atoms with Crippen molar-refractivity contribution in [2.24, 2.45) is 5.73 Å². The van der Waals surface area contributed by atoms with E-state index in [4.69, 9.17) is 20.9 Å². The summed E-state index contributed by atoms with van der Waals surface area (Å²) >= 11 is 2.47. The van der Waals surface area contributed by atoms with Crippen molar-refractivity contribution >= 4 is 51.1 Å². The smallest absolute Gasteiger partial charge is 0.430 e. The Morgan fingerprint density at radius 1 is 1.36 bits per heavy atom. The molecule has 0 fully saturated rings. The van der Waals surface area contributed by atoms with Crippen LogP contribution < -0.4 is 16.2 Å². The molecule has 2 aromatic heterocycles. The fraction of sp³-hybridized carbons (Fsp3) is 0.111. The number of thiophene rings is 1.